The number of hydrogen-bond donors (Lipinski definition) is 1. The van der Waals surface area contributed by atoms with Crippen molar-refractivity contribution >= 4 is 5.96 Å². The summed E-state index contributed by atoms with van der Waals surface area (Å²) in [7, 11) is 1.83. The summed E-state index contributed by atoms with van der Waals surface area (Å²) < 4.78 is 11.8. The van der Waals surface area contributed by atoms with Crippen molar-refractivity contribution in [2.24, 2.45) is 4.99 Å². The molecule has 0 radical (unpaired) electrons. The molecule has 25 heavy (non-hydrogen) atoms. The molecular weight excluding hydrogens is 314 g/mol. The lowest BCUT2D eigenvalue weighted by molar-refractivity contribution is 0.0930. The second kappa shape index (κ2) is 7.05. The van der Waals surface area contributed by atoms with Gasteiger partial charge in [0, 0.05) is 20.1 Å². The number of guanidine groups is 1. The second-order valence-corrected chi connectivity index (χ2v) is 6.37. The van der Waals surface area contributed by atoms with Crippen molar-refractivity contribution in [2.75, 3.05) is 26.7 Å². The predicted molar refractivity (Wildman–Crippen MR) is 98.3 cm³/mol. The largest absolute Gasteiger partial charge is 0.486 e. The molecule has 1 N–H and O–H groups in total. The van der Waals surface area contributed by atoms with Crippen LogP contribution in [-0.4, -0.2) is 43.7 Å². The molecule has 1 atom stereocenters. The molecule has 2 aliphatic rings. The minimum atomic E-state index is -0.0243. The van der Waals surface area contributed by atoms with E-state index in [9.17, 15) is 0 Å². The van der Waals surface area contributed by atoms with Crippen LogP contribution in [0.25, 0.3) is 0 Å². The molecule has 2 aromatic rings. The SMILES string of the molecule is CN=C(NCC1COc2ccccc2O1)N1CCc2ccccc2C1. The first-order valence-electron chi connectivity index (χ1n) is 8.74. The van der Waals surface area contributed by atoms with Gasteiger partial charge in [-0.3, -0.25) is 4.99 Å². The molecule has 2 heterocycles. The summed E-state index contributed by atoms with van der Waals surface area (Å²) in [5.41, 5.74) is 2.82. The van der Waals surface area contributed by atoms with Crippen LogP contribution in [-0.2, 0) is 13.0 Å². The number of benzene rings is 2. The van der Waals surface area contributed by atoms with Crippen LogP contribution in [0, 0.1) is 0 Å². The summed E-state index contributed by atoms with van der Waals surface area (Å²) in [6, 6.07) is 16.4. The lowest BCUT2D eigenvalue weighted by atomic mass is 10.0. The van der Waals surface area contributed by atoms with Crippen LogP contribution in [0.2, 0.25) is 0 Å². The van der Waals surface area contributed by atoms with Crippen molar-refractivity contribution in [1.29, 1.82) is 0 Å². The van der Waals surface area contributed by atoms with Gasteiger partial charge in [0.2, 0.25) is 0 Å². The number of nitrogens with zero attached hydrogens (tertiary/aromatic N) is 2. The van der Waals surface area contributed by atoms with Gasteiger partial charge in [-0.05, 0) is 29.7 Å². The predicted octanol–water partition coefficient (Wildman–Crippen LogP) is 2.46. The van der Waals surface area contributed by atoms with E-state index in [1.807, 2.05) is 31.3 Å². The van der Waals surface area contributed by atoms with Gasteiger partial charge in [0.15, 0.2) is 17.5 Å². The molecule has 130 valence electrons. The standard InChI is InChI=1S/C20H23N3O2/c1-21-20(23-11-10-15-6-2-3-7-16(15)13-23)22-12-17-14-24-18-8-4-5-9-19(18)25-17/h2-9,17H,10-14H2,1H3,(H,21,22). The van der Waals surface area contributed by atoms with E-state index < -0.39 is 0 Å². The molecule has 5 heteroatoms. The third kappa shape index (κ3) is 3.40. The number of aliphatic imine (C=N–C) groups is 1. The molecule has 5 nitrogen and oxygen atoms in total. The van der Waals surface area contributed by atoms with E-state index in [0.717, 1.165) is 37.0 Å². The van der Waals surface area contributed by atoms with Crippen molar-refractivity contribution in [2.45, 2.75) is 19.1 Å². The number of para-hydroxylation sites is 2. The first kappa shape index (κ1) is 15.8. The maximum Gasteiger partial charge on any atom is 0.194 e. The van der Waals surface area contributed by atoms with Gasteiger partial charge in [-0.15, -0.1) is 0 Å². The van der Waals surface area contributed by atoms with Gasteiger partial charge in [-0.2, -0.15) is 0 Å². The van der Waals surface area contributed by atoms with E-state index in [4.69, 9.17) is 9.47 Å². The second-order valence-electron chi connectivity index (χ2n) is 6.37. The maximum atomic E-state index is 6.01. The Hall–Kier alpha value is -2.69. The van der Waals surface area contributed by atoms with Crippen LogP contribution in [0.4, 0.5) is 0 Å². The Morgan fingerprint density at radius 1 is 1.12 bits per heavy atom. The van der Waals surface area contributed by atoms with E-state index in [2.05, 4.69) is 39.5 Å². The molecule has 0 saturated carbocycles. The van der Waals surface area contributed by atoms with E-state index in [0.29, 0.717) is 13.2 Å². The number of ether oxygens (including phenoxy) is 2. The minimum Gasteiger partial charge on any atom is -0.486 e. The Bertz CT molecular complexity index is 775. The Morgan fingerprint density at radius 3 is 2.72 bits per heavy atom. The molecular formula is C20H23N3O2. The van der Waals surface area contributed by atoms with Crippen molar-refractivity contribution in [1.82, 2.24) is 10.2 Å². The Labute approximate surface area is 148 Å². The summed E-state index contributed by atoms with van der Waals surface area (Å²) >= 11 is 0. The third-order valence-corrected chi connectivity index (χ3v) is 4.70. The highest BCUT2D eigenvalue weighted by molar-refractivity contribution is 5.80. The molecule has 2 aromatic carbocycles. The zero-order valence-electron chi connectivity index (χ0n) is 14.4. The van der Waals surface area contributed by atoms with Crippen LogP contribution < -0.4 is 14.8 Å². The molecule has 0 saturated heterocycles. The molecule has 1 unspecified atom stereocenters. The average Bonchev–Trinajstić information content (AvgIpc) is 2.68. The van der Waals surface area contributed by atoms with E-state index in [-0.39, 0.29) is 6.10 Å². The number of hydrogen-bond acceptors (Lipinski definition) is 3. The summed E-state index contributed by atoms with van der Waals surface area (Å²) in [6.07, 6.45) is 1.02. The van der Waals surface area contributed by atoms with E-state index in [1.54, 1.807) is 0 Å². The van der Waals surface area contributed by atoms with Crippen LogP contribution in [0.5, 0.6) is 11.5 Å². The Morgan fingerprint density at radius 2 is 1.88 bits per heavy atom. The van der Waals surface area contributed by atoms with Crippen molar-refractivity contribution in [3.05, 3.63) is 59.7 Å². The number of rotatable bonds is 2. The average molecular weight is 337 g/mol. The van der Waals surface area contributed by atoms with Gasteiger partial charge >= 0.3 is 0 Å². The Kier molecular flexibility index (Phi) is 4.46. The molecule has 0 spiro atoms. The maximum absolute atomic E-state index is 6.01. The van der Waals surface area contributed by atoms with E-state index >= 15 is 0 Å². The van der Waals surface area contributed by atoms with Crippen LogP contribution in [0.3, 0.4) is 0 Å². The van der Waals surface area contributed by atoms with Crippen LogP contribution in [0.1, 0.15) is 11.1 Å². The monoisotopic (exact) mass is 337 g/mol. The van der Waals surface area contributed by atoms with Crippen molar-refractivity contribution < 1.29 is 9.47 Å². The highest BCUT2D eigenvalue weighted by Gasteiger charge is 2.23. The first-order valence-corrected chi connectivity index (χ1v) is 8.74. The lowest BCUT2D eigenvalue weighted by Gasteiger charge is -2.33. The molecule has 0 fully saturated rings. The number of nitrogens with one attached hydrogen (secondary N) is 1. The minimum absolute atomic E-state index is 0.0243. The van der Waals surface area contributed by atoms with Gasteiger partial charge in [-0.25, -0.2) is 0 Å². The quantitative estimate of drug-likeness (QED) is 0.675. The normalized spacial score (nSPS) is 19.3. The smallest absolute Gasteiger partial charge is 0.194 e. The van der Waals surface area contributed by atoms with Crippen molar-refractivity contribution in [3.63, 3.8) is 0 Å². The van der Waals surface area contributed by atoms with Crippen molar-refractivity contribution in [3.8, 4) is 11.5 Å². The fourth-order valence-corrected chi connectivity index (χ4v) is 3.38. The summed E-state index contributed by atoms with van der Waals surface area (Å²) in [4.78, 5) is 6.74. The molecule has 0 aliphatic carbocycles. The van der Waals surface area contributed by atoms with Gasteiger partial charge in [0.25, 0.3) is 0 Å². The zero-order chi connectivity index (χ0) is 17.1. The Balaban J connectivity index is 1.36. The molecule has 0 aromatic heterocycles. The number of fused-ring (bicyclic) bond motifs is 2. The topological polar surface area (TPSA) is 46.1 Å². The molecule has 0 amide bonds. The molecule has 0 bridgehead atoms. The van der Waals surface area contributed by atoms with Crippen LogP contribution in [0.15, 0.2) is 53.5 Å². The van der Waals surface area contributed by atoms with Gasteiger partial charge < -0.3 is 19.7 Å². The summed E-state index contributed by atoms with van der Waals surface area (Å²) in [5.74, 6) is 2.54. The highest BCUT2D eigenvalue weighted by Crippen LogP contribution is 2.30. The first-order chi connectivity index (χ1) is 12.3. The van der Waals surface area contributed by atoms with Gasteiger partial charge in [0.1, 0.15) is 12.7 Å². The highest BCUT2D eigenvalue weighted by atomic mass is 16.6. The third-order valence-electron chi connectivity index (χ3n) is 4.70. The molecule has 4 rings (SSSR count). The van der Waals surface area contributed by atoms with Crippen LogP contribution >= 0.6 is 0 Å². The van der Waals surface area contributed by atoms with Gasteiger partial charge in [0.05, 0.1) is 6.54 Å². The van der Waals surface area contributed by atoms with E-state index in [1.165, 1.54) is 11.1 Å². The fourth-order valence-electron chi connectivity index (χ4n) is 3.38. The summed E-state index contributed by atoms with van der Waals surface area (Å²) in [5, 5.41) is 3.44. The lowest BCUT2D eigenvalue weighted by Crippen LogP contribution is -2.48. The van der Waals surface area contributed by atoms with Gasteiger partial charge in [-0.1, -0.05) is 36.4 Å². The summed E-state index contributed by atoms with van der Waals surface area (Å²) in [6.45, 7) is 3.07. The molecule has 2 aliphatic heterocycles. The zero-order valence-corrected chi connectivity index (χ0v) is 14.4. The fraction of sp³-hybridized carbons (Fsp3) is 0.350.